The number of furan rings is 1. The van der Waals surface area contributed by atoms with Crippen LogP contribution in [0.1, 0.15) is 5.69 Å². The van der Waals surface area contributed by atoms with E-state index in [4.69, 9.17) is 4.42 Å². The van der Waals surface area contributed by atoms with Crippen molar-refractivity contribution in [3.05, 3.63) is 36.4 Å². The van der Waals surface area contributed by atoms with Crippen LogP contribution in [-0.2, 0) is 17.9 Å². The first-order valence-corrected chi connectivity index (χ1v) is 5.88. The Morgan fingerprint density at radius 2 is 2.40 bits per heavy atom. The van der Waals surface area contributed by atoms with E-state index in [-0.39, 0.29) is 12.5 Å². The number of H-pyrrole nitrogens is 1. The molecule has 3 rings (SSSR count). The zero-order chi connectivity index (χ0) is 13.8. The van der Waals surface area contributed by atoms with E-state index in [1.807, 2.05) is 0 Å². The Morgan fingerprint density at radius 3 is 3.15 bits per heavy atom. The minimum absolute atomic E-state index is 0.0121. The summed E-state index contributed by atoms with van der Waals surface area (Å²) in [5.41, 5.74) is 0.821. The molecule has 9 heteroatoms. The summed E-state index contributed by atoms with van der Waals surface area (Å²) in [7, 11) is 0. The van der Waals surface area contributed by atoms with Gasteiger partial charge in [0.1, 0.15) is 6.54 Å². The summed E-state index contributed by atoms with van der Waals surface area (Å²) in [4.78, 5) is 12.9. The molecule has 0 fully saturated rings. The maximum atomic E-state index is 11.7. The molecule has 0 unspecified atom stereocenters. The summed E-state index contributed by atoms with van der Waals surface area (Å²) in [6.07, 6.45) is 3.14. The van der Waals surface area contributed by atoms with Gasteiger partial charge in [0.15, 0.2) is 5.76 Å². The van der Waals surface area contributed by atoms with Crippen LogP contribution >= 0.6 is 0 Å². The Morgan fingerprint density at radius 1 is 1.45 bits per heavy atom. The van der Waals surface area contributed by atoms with Crippen LogP contribution < -0.4 is 5.32 Å². The quantitative estimate of drug-likeness (QED) is 0.674. The fourth-order valence-electron chi connectivity index (χ4n) is 1.58. The van der Waals surface area contributed by atoms with Gasteiger partial charge in [-0.15, -0.1) is 10.2 Å². The number of amides is 1. The summed E-state index contributed by atoms with van der Waals surface area (Å²) >= 11 is 0. The molecule has 2 N–H and O–H groups in total. The van der Waals surface area contributed by atoms with Crippen LogP contribution in [0.3, 0.4) is 0 Å². The van der Waals surface area contributed by atoms with Gasteiger partial charge in [-0.1, -0.05) is 0 Å². The van der Waals surface area contributed by atoms with E-state index >= 15 is 0 Å². The zero-order valence-electron chi connectivity index (χ0n) is 10.4. The molecular formula is C11H11N7O2. The normalized spacial score (nSPS) is 10.6. The van der Waals surface area contributed by atoms with Gasteiger partial charge >= 0.3 is 0 Å². The van der Waals surface area contributed by atoms with Gasteiger partial charge in [0.2, 0.25) is 11.7 Å². The van der Waals surface area contributed by atoms with Gasteiger partial charge in [-0.2, -0.15) is 9.90 Å². The lowest BCUT2D eigenvalue weighted by Gasteiger charge is -2.01. The van der Waals surface area contributed by atoms with Crippen LogP contribution in [0.2, 0.25) is 0 Å². The van der Waals surface area contributed by atoms with Gasteiger partial charge in [-0.3, -0.25) is 9.89 Å². The van der Waals surface area contributed by atoms with Crippen molar-refractivity contribution in [3.63, 3.8) is 0 Å². The van der Waals surface area contributed by atoms with Crippen molar-refractivity contribution in [1.29, 1.82) is 0 Å². The van der Waals surface area contributed by atoms with Crippen LogP contribution in [0.25, 0.3) is 11.6 Å². The highest BCUT2D eigenvalue weighted by molar-refractivity contribution is 5.75. The Bertz CT molecular complexity index is 672. The van der Waals surface area contributed by atoms with Crippen molar-refractivity contribution in [2.24, 2.45) is 0 Å². The molecule has 3 heterocycles. The number of nitrogens with one attached hydrogen (secondary N) is 2. The molecular weight excluding hydrogens is 262 g/mol. The first kappa shape index (κ1) is 12.1. The Labute approximate surface area is 113 Å². The molecule has 0 aliphatic heterocycles. The van der Waals surface area contributed by atoms with E-state index in [9.17, 15) is 4.79 Å². The SMILES string of the molecule is O=C(Cn1nnc(-c2ccco2)n1)NCc1ccn[nH]1. The van der Waals surface area contributed by atoms with Crippen LogP contribution in [0, 0.1) is 0 Å². The molecule has 3 aromatic heterocycles. The first-order chi connectivity index (χ1) is 9.81. The third kappa shape index (κ3) is 2.71. The molecule has 0 aliphatic carbocycles. The molecule has 0 saturated carbocycles. The fraction of sp³-hybridized carbons (Fsp3) is 0.182. The first-order valence-electron chi connectivity index (χ1n) is 5.88. The lowest BCUT2D eigenvalue weighted by Crippen LogP contribution is -2.28. The van der Waals surface area contributed by atoms with E-state index in [0.717, 1.165) is 5.69 Å². The maximum absolute atomic E-state index is 11.7. The number of nitrogens with zero attached hydrogens (tertiary/aromatic N) is 5. The highest BCUT2D eigenvalue weighted by atomic mass is 16.3. The lowest BCUT2D eigenvalue weighted by atomic mass is 10.4. The van der Waals surface area contributed by atoms with Crippen molar-refractivity contribution in [3.8, 4) is 11.6 Å². The second-order valence-electron chi connectivity index (χ2n) is 3.98. The van der Waals surface area contributed by atoms with Gasteiger partial charge in [0.25, 0.3) is 0 Å². The van der Waals surface area contributed by atoms with E-state index in [0.29, 0.717) is 18.1 Å². The maximum Gasteiger partial charge on any atom is 0.243 e. The third-order valence-corrected chi connectivity index (χ3v) is 2.51. The topological polar surface area (TPSA) is 115 Å². The smallest absolute Gasteiger partial charge is 0.243 e. The lowest BCUT2D eigenvalue weighted by molar-refractivity contribution is -0.122. The minimum Gasteiger partial charge on any atom is -0.461 e. The van der Waals surface area contributed by atoms with E-state index < -0.39 is 0 Å². The summed E-state index contributed by atoms with van der Waals surface area (Å²) < 4.78 is 5.14. The van der Waals surface area contributed by atoms with E-state index in [2.05, 4.69) is 30.9 Å². The largest absolute Gasteiger partial charge is 0.461 e. The summed E-state index contributed by atoms with van der Waals surface area (Å²) in [6.45, 7) is 0.362. The number of carbonyl (C=O) groups is 1. The Balaban J connectivity index is 1.56. The molecule has 1 amide bonds. The van der Waals surface area contributed by atoms with Crippen molar-refractivity contribution < 1.29 is 9.21 Å². The van der Waals surface area contributed by atoms with E-state index in [1.54, 1.807) is 24.4 Å². The molecule has 102 valence electrons. The molecule has 0 saturated heterocycles. The predicted octanol–water partition coefficient (Wildman–Crippen LogP) is -0.0274. The van der Waals surface area contributed by atoms with Crippen molar-refractivity contribution in [2.75, 3.05) is 0 Å². The molecule has 0 aliphatic rings. The molecule has 3 aromatic rings. The zero-order valence-corrected chi connectivity index (χ0v) is 10.4. The Hall–Kier alpha value is -2.97. The molecule has 20 heavy (non-hydrogen) atoms. The summed E-state index contributed by atoms with van der Waals surface area (Å²) in [5, 5.41) is 20.9. The average molecular weight is 273 g/mol. The number of hydrogen-bond donors (Lipinski definition) is 2. The van der Waals surface area contributed by atoms with Gasteiger partial charge in [-0.25, -0.2) is 0 Å². The number of carbonyl (C=O) groups excluding carboxylic acids is 1. The molecule has 0 radical (unpaired) electrons. The van der Waals surface area contributed by atoms with E-state index in [1.165, 1.54) is 11.1 Å². The highest BCUT2D eigenvalue weighted by Gasteiger charge is 2.10. The standard InChI is InChI=1S/C11H11N7O2/c19-10(12-6-8-3-4-13-14-8)7-18-16-11(15-17-18)9-2-1-5-20-9/h1-5H,6-7H2,(H,12,19)(H,13,14). The van der Waals surface area contributed by atoms with Gasteiger partial charge < -0.3 is 9.73 Å². The van der Waals surface area contributed by atoms with Crippen LogP contribution in [0.4, 0.5) is 0 Å². The second-order valence-corrected chi connectivity index (χ2v) is 3.98. The number of tetrazole rings is 1. The van der Waals surface area contributed by atoms with Crippen molar-refractivity contribution >= 4 is 5.91 Å². The Kier molecular flexibility index (Phi) is 3.23. The van der Waals surface area contributed by atoms with Crippen LogP contribution in [0.15, 0.2) is 35.1 Å². The van der Waals surface area contributed by atoms with Gasteiger partial charge in [-0.05, 0) is 23.4 Å². The molecule has 0 bridgehead atoms. The molecule has 9 nitrogen and oxygen atoms in total. The number of rotatable bonds is 5. The number of hydrogen-bond acceptors (Lipinski definition) is 6. The minimum atomic E-state index is -0.219. The third-order valence-electron chi connectivity index (χ3n) is 2.51. The monoisotopic (exact) mass is 273 g/mol. The number of aromatic amines is 1. The fourth-order valence-corrected chi connectivity index (χ4v) is 1.58. The van der Waals surface area contributed by atoms with Gasteiger partial charge in [0.05, 0.1) is 18.5 Å². The number of aromatic nitrogens is 6. The summed E-state index contributed by atoms with van der Waals surface area (Å²) in [5.74, 6) is 0.633. The molecule has 0 atom stereocenters. The van der Waals surface area contributed by atoms with Crippen LogP contribution in [0.5, 0.6) is 0 Å². The van der Waals surface area contributed by atoms with Crippen LogP contribution in [-0.4, -0.2) is 36.3 Å². The molecule has 0 aromatic carbocycles. The summed E-state index contributed by atoms with van der Waals surface area (Å²) in [6, 6.07) is 5.23. The van der Waals surface area contributed by atoms with Crippen molar-refractivity contribution in [2.45, 2.75) is 13.1 Å². The molecule has 0 spiro atoms. The highest BCUT2D eigenvalue weighted by Crippen LogP contribution is 2.12. The predicted molar refractivity (Wildman–Crippen MR) is 66.0 cm³/mol. The van der Waals surface area contributed by atoms with Crippen molar-refractivity contribution in [1.82, 2.24) is 35.7 Å². The van der Waals surface area contributed by atoms with Gasteiger partial charge in [0, 0.05) is 6.20 Å². The average Bonchev–Trinajstić information content (AvgIpc) is 3.18. The second kappa shape index (κ2) is 5.34.